The van der Waals surface area contributed by atoms with Crippen LogP contribution in [0.3, 0.4) is 0 Å². The molecular formula is C9H18O2. The molecule has 2 nitrogen and oxygen atoms in total. The van der Waals surface area contributed by atoms with Gasteiger partial charge in [0.05, 0.1) is 18.3 Å². The second kappa shape index (κ2) is 3.11. The van der Waals surface area contributed by atoms with Crippen molar-refractivity contribution in [3.8, 4) is 0 Å². The van der Waals surface area contributed by atoms with Crippen LogP contribution in [0.2, 0.25) is 0 Å². The summed E-state index contributed by atoms with van der Waals surface area (Å²) in [4.78, 5) is 0. The van der Waals surface area contributed by atoms with Gasteiger partial charge in [0.25, 0.3) is 0 Å². The quantitative estimate of drug-likeness (QED) is 0.661. The molecule has 1 N–H and O–H groups in total. The number of aliphatic hydroxyl groups excluding tert-OH is 1. The van der Waals surface area contributed by atoms with E-state index < -0.39 is 0 Å². The Balaban J connectivity index is 2.41. The van der Waals surface area contributed by atoms with Crippen molar-refractivity contribution in [3.05, 3.63) is 0 Å². The Morgan fingerprint density at radius 2 is 2.27 bits per heavy atom. The van der Waals surface area contributed by atoms with E-state index in [4.69, 9.17) is 4.74 Å². The Labute approximate surface area is 68.6 Å². The highest BCUT2D eigenvalue weighted by molar-refractivity contribution is 4.84. The molecular weight excluding hydrogens is 140 g/mol. The van der Waals surface area contributed by atoms with Crippen molar-refractivity contribution in [2.45, 2.75) is 45.3 Å². The molecule has 0 radical (unpaired) electrons. The molecule has 0 aliphatic carbocycles. The second-order valence-electron chi connectivity index (χ2n) is 4.01. The highest BCUT2D eigenvalue weighted by atomic mass is 16.5. The fourth-order valence-corrected chi connectivity index (χ4v) is 1.66. The normalized spacial score (nSPS) is 32.2. The average molecular weight is 158 g/mol. The summed E-state index contributed by atoms with van der Waals surface area (Å²) in [5.74, 6) is 0.356. The zero-order valence-electron chi connectivity index (χ0n) is 7.63. The third-order valence-corrected chi connectivity index (χ3v) is 2.40. The van der Waals surface area contributed by atoms with E-state index in [1.54, 1.807) is 0 Å². The highest BCUT2D eigenvalue weighted by Crippen LogP contribution is 2.31. The Kier molecular flexibility index (Phi) is 2.55. The van der Waals surface area contributed by atoms with E-state index >= 15 is 0 Å². The smallest absolute Gasteiger partial charge is 0.0631 e. The van der Waals surface area contributed by atoms with Gasteiger partial charge in [-0.3, -0.25) is 0 Å². The van der Waals surface area contributed by atoms with Crippen molar-refractivity contribution in [1.29, 1.82) is 0 Å². The molecule has 1 aliphatic rings. The first kappa shape index (κ1) is 9.01. The minimum Gasteiger partial charge on any atom is -0.393 e. The zero-order chi connectivity index (χ0) is 8.48. The zero-order valence-corrected chi connectivity index (χ0v) is 7.63. The fraction of sp³-hybridized carbons (Fsp3) is 1.00. The van der Waals surface area contributed by atoms with Crippen molar-refractivity contribution in [3.63, 3.8) is 0 Å². The van der Waals surface area contributed by atoms with E-state index in [1.807, 2.05) is 6.92 Å². The van der Waals surface area contributed by atoms with E-state index in [-0.39, 0.29) is 11.7 Å². The molecule has 1 saturated heterocycles. The maximum absolute atomic E-state index is 9.51. The SMILES string of the molecule is CCC(O)[C@H]1COC(C)(C)C1. The molecule has 11 heavy (non-hydrogen) atoms. The molecule has 2 atom stereocenters. The molecule has 1 aliphatic heterocycles. The van der Waals surface area contributed by atoms with Gasteiger partial charge in [0.2, 0.25) is 0 Å². The van der Waals surface area contributed by atoms with Crippen LogP contribution in [-0.4, -0.2) is 23.4 Å². The van der Waals surface area contributed by atoms with Crippen LogP contribution in [0.25, 0.3) is 0 Å². The first-order valence-corrected chi connectivity index (χ1v) is 4.37. The summed E-state index contributed by atoms with van der Waals surface area (Å²) in [6.45, 7) is 6.89. The van der Waals surface area contributed by atoms with Crippen molar-refractivity contribution in [2.24, 2.45) is 5.92 Å². The predicted octanol–water partition coefficient (Wildman–Crippen LogP) is 1.57. The molecule has 66 valence electrons. The molecule has 2 heteroatoms. The monoisotopic (exact) mass is 158 g/mol. The van der Waals surface area contributed by atoms with Crippen LogP contribution in [0.5, 0.6) is 0 Å². The molecule has 0 bridgehead atoms. The van der Waals surface area contributed by atoms with E-state index in [0.29, 0.717) is 5.92 Å². The molecule has 0 aromatic carbocycles. The number of hydrogen-bond acceptors (Lipinski definition) is 2. The molecule has 1 heterocycles. The lowest BCUT2D eigenvalue weighted by molar-refractivity contribution is 0.0294. The van der Waals surface area contributed by atoms with Gasteiger partial charge in [-0.05, 0) is 26.7 Å². The van der Waals surface area contributed by atoms with Crippen LogP contribution in [0.15, 0.2) is 0 Å². The van der Waals surface area contributed by atoms with Gasteiger partial charge in [-0.1, -0.05) is 6.92 Å². The van der Waals surface area contributed by atoms with E-state index in [1.165, 1.54) is 0 Å². The third kappa shape index (κ3) is 2.17. The molecule has 1 fully saturated rings. The summed E-state index contributed by atoms with van der Waals surface area (Å²) in [5, 5.41) is 9.51. The predicted molar refractivity (Wildman–Crippen MR) is 44.4 cm³/mol. The lowest BCUT2D eigenvalue weighted by Gasteiger charge is -2.17. The lowest BCUT2D eigenvalue weighted by atomic mass is 9.92. The summed E-state index contributed by atoms with van der Waals surface area (Å²) in [6, 6.07) is 0. The Morgan fingerprint density at radius 3 is 2.64 bits per heavy atom. The van der Waals surface area contributed by atoms with Gasteiger partial charge in [-0.25, -0.2) is 0 Å². The van der Waals surface area contributed by atoms with Gasteiger partial charge >= 0.3 is 0 Å². The van der Waals surface area contributed by atoms with Crippen LogP contribution in [0, 0.1) is 5.92 Å². The van der Waals surface area contributed by atoms with E-state index in [2.05, 4.69) is 13.8 Å². The molecule has 0 spiro atoms. The minimum atomic E-state index is -0.170. The van der Waals surface area contributed by atoms with Gasteiger partial charge < -0.3 is 9.84 Å². The summed E-state index contributed by atoms with van der Waals surface area (Å²) in [6.07, 6.45) is 1.66. The fourth-order valence-electron chi connectivity index (χ4n) is 1.66. The maximum atomic E-state index is 9.51. The topological polar surface area (TPSA) is 29.5 Å². The summed E-state index contributed by atoms with van der Waals surface area (Å²) in [7, 11) is 0. The van der Waals surface area contributed by atoms with Gasteiger partial charge in [0.1, 0.15) is 0 Å². The Hall–Kier alpha value is -0.0800. The van der Waals surface area contributed by atoms with E-state index in [0.717, 1.165) is 19.4 Å². The lowest BCUT2D eigenvalue weighted by Crippen LogP contribution is -2.21. The first-order valence-electron chi connectivity index (χ1n) is 4.37. The average Bonchev–Trinajstić information content (AvgIpc) is 2.29. The van der Waals surface area contributed by atoms with Crippen LogP contribution in [0.4, 0.5) is 0 Å². The van der Waals surface area contributed by atoms with Crippen LogP contribution >= 0.6 is 0 Å². The second-order valence-corrected chi connectivity index (χ2v) is 4.01. The Morgan fingerprint density at radius 1 is 1.64 bits per heavy atom. The van der Waals surface area contributed by atoms with Gasteiger partial charge in [0.15, 0.2) is 0 Å². The molecule has 0 amide bonds. The molecule has 0 saturated carbocycles. The van der Waals surface area contributed by atoms with E-state index in [9.17, 15) is 5.11 Å². The van der Waals surface area contributed by atoms with Crippen molar-refractivity contribution < 1.29 is 9.84 Å². The van der Waals surface area contributed by atoms with Crippen LogP contribution in [-0.2, 0) is 4.74 Å². The molecule has 0 aromatic rings. The summed E-state index contributed by atoms with van der Waals surface area (Å²) >= 11 is 0. The largest absolute Gasteiger partial charge is 0.393 e. The number of hydrogen-bond donors (Lipinski definition) is 1. The number of ether oxygens (including phenoxy) is 1. The van der Waals surface area contributed by atoms with Crippen LogP contribution in [0.1, 0.15) is 33.6 Å². The first-order chi connectivity index (χ1) is 5.05. The molecule has 0 aromatic heterocycles. The summed E-state index contributed by atoms with van der Waals surface area (Å²) < 4.78 is 5.52. The maximum Gasteiger partial charge on any atom is 0.0631 e. The van der Waals surface area contributed by atoms with Gasteiger partial charge in [0, 0.05) is 5.92 Å². The van der Waals surface area contributed by atoms with Gasteiger partial charge in [-0.2, -0.15) is 0 Å². The Bertz CT molecular complexity index is 132. The minimum absolute atomic E-state index is 0.0131. The third-order valence-electron chi connectivity index (χ3n) is 2.40. The standard InChI is InChI=1S/C9H18O2/c1-4-8(10)7-5-9(2,3)11-6-7/h7-8,10H,4-6H2,1-3H3/t7-,8?/m1/s1. The van der Waals surface area contributed by atoms with Crippen molar-refractivity contribution in [2.75, 3.05) is 6.61 Å². The molecule has 1 unspecified atom stereocenters. The highest BCUT2D eigenvalue weighted by Gasteiger charge is 2.34. The molecule has 1 rings (SSSR count). The van der Waals surface area contributed by atoms with Crippen molar-refractivity contribution in [1.82, 2.24) is 0 Å². The summed E-state index contributed by atoms with van der Waals surface area (Å²) in [5.41, 5.74) is -0.0131. The van der Waals surface area contributed by atoms with Gasteiger partial charge in [-0.15, -0.1) is 0 Å². The van der Waals surface area contributed by atoms with Crippen LogP contribution < -0.4 is 0 Å². The number of aliphatic hydroxyl groups is 1. The number of rotatable bonds is 2. The van der Waals surface area contributed by atoms with Crippen molar-refractivity contribution >= 4 is 0 Å².